The lowest BCUT2D eigenvalue weighted by atomic mass is 9.98. The van der Waals surface area contributed by atoms with Crippen LogP contribution < -0.4 is 9.80 Å². The van der Waals surface area contributed by atoms with E-state index in [0.29, 0.717) is 0 Å². The van der Waals surface area contributed by atoms with E-state index in [1.807, 2.05) is 0 Å². The summed E-state index contributed by atoms with van der Waals surface area (Å²) in [4.78, 5) is 4.68. The van der Waals surface area contributed by atoms with E-state index < -0.39 is 0 Å². The van der Waals surface area contributed by atoms with Gasteiger partial charge in [-0.15, -0.1) is 0 Å². The molecule has 0 atom stereocenters. The van der Waals surface area contributed by atoms with Crippen LogP contribution in [0.1, 0.15) is 0 Å². The molecule has 23 rings (SSSR count). The van der Waals surface area contributed by atoms with Crippen LogP contribution in [0.15, 0.2) is 485 Å². The monoisotopic (exact) mass is 1550 g/mol. The topological polar surface area (TPSA) is 16.3 Å². The minimum Gasteiger partial charge on any atom is -0.311 e. The summed E-state index contributed by atoms with van der Waals surface area (Å²) in [5, 5.41) is 15.0. The van der Waals surface area contributed by atoms with Gasteiger partial charge >= 0.3 is 0 Å². The van der Waals surface area contributed by atoms with E-state index in [0.717, 1.165) is 45.5 Å². The quantitative estimate of drug-likeness (QED) is 0.102. The lowest BCUT2D eigenvalue weighted by molar-refractivity contribution is 1.18. The van der Waals surface area contributed by atoms with E-state index in [-0.39, 0.29) is 0 Å². The van der Waals surface area contributed by atoms with Gasteiger partial charge in [-0.2, -0.15) is 0 Å². The van der Waals surface area contributed by atoms with Gasteiger partial charge in [0.1, 0.15) is 0 Å². The molecule has 23 aromatic rings. The summed E-state index contributed by atoms with van der Waals surface area (Å²) in [5.74, 6) is 0. The first-order chi connectivity index (χ1) is 60.4. The molecule has 0 fully saturated rings. The van der Waals surface area contributed by atoms with Crippen LogP contribution in [-0.2, 0) is 0 Å². The van der Waals surface area contributed by atoms with Crippen molar-refractivity contribution in [1.82, 2.24) is 9.13 Å². The van der Waals surface area contributed by atoms with E-state index in [9.17, 15) is 0 Å². The molecule has 0 N–H and O–H groups in total. The maximum Gasteiger partial charge on any atom is 0.0541 e. The third kappa shape index (κ3) is 13.7. The lowest BCUT2D eigenvalue weighted by Gasteiger charge is -2.26. The molecular weight excluding hydrogens is 1470 g/mol. The fourth-order valence-corrected chi connectivity index (χ4v) is 18.2. The van der Waals surface area contributed by atoms with Crippen molar-refractivity contribution in [1.29, 1.82) is 0 Å². The Bertz CT molecular complexity index is 7800. The van der Waals surface area contributed by atoms with Gasteiger partial charge in [-0.05, 0) is 273 Å². The summed E-state index contributed by atoms with van der Waals surface area (Å²) in [6.07, 6.45) is 0. The molecule has 0 aliphatic carbocycles. The van der Waals surface area contributed by atoms with Crippen LogP contribution in [-0.4, -0.2) is 9.13 Å². The van der Waals surface area contributed by atoms with E-state index >= 15 is 0 Å². The van der Waals surface area contributed by atoms with Gasteiger partial charge in [0, 0.05) is 67.0 Å². The van der Waals surface area contributed by atoms with Crippen molar-refractivity contribution in [2.24, 2.45) is 0 Å². The second kappa shape index (κ2) is 31.4. The Morgan fingerprint density at radius 2 is 0.385 bits per heavy atom. The summed E-state index contributed by atoms with van der Waals surface area (Å²) in [5.41, 5.74) is 30.6. The Morgan fingerprint density at radius 1 is 0.131 bits per heavy atom. The average molecular weight is 1550 g/mol. The zero-order chi connectivity index (χ0) is 80.8. The Hall–Kier alpha value is -16.1. The highest BCUT2D eigenvalue weighted by atomic mass is 15.1. The highest BCUT2D eigenvalue weighted by molar-refractivity contribution is 6.12. The third-order valence-corrected chi connectivity index (χ3v) is 24.4. The van der Waals surface area contributed by atoms with Crippen LogP contribution in [0.5, 0.6) is 0 Å². The number of anilines is 6. The first-order valence-electron chi connectivity index (χ1n) is 41.9. The van der Waals surface area contributed by atoms with Crippen LogP contribution >= 0.6 is 0 Å². The molecule has 0 aliphatic rings. The Kier molecular flexibility index (Phi) is 18.6. The fourth-order valence-electron chi connectivity index (χ4n) is 18.2. The molecule has 572 valence electrons. The molecular formula is C118H80N4. The van der Waals surface area contributed by atoms with Gasteiger partial charge < -0.3 is 18.9 Å². The molecule has 4 nitrogen and oxygen atoms in total. The van der Waals surface area contributed by atoms with Gasteiger partial charge in [-0.25, -0.2) is 0 Å². The Balaban J connectivity index is 0.000000146. The fraction of sp³-hybridized carbons (Fsp3) is 0. The zero-order valence-electron chi connectivity index (χ0n) is 67.0. The zero-order valence-corrected chi connectivity index (χ0v) is 67.0. The molecule has 0 saturated carbocycles. The molecule has 2 aromatic heterocycles. The normalized spacial score (nSPS) is 11.4. The molecule has 2 heterocycles. The predicted molar refractivity (Wildman–Crippen MR) is 519 cm³/mol. The van der Waals surface area contributed by atoms with Crippen molar-refractivity contribution in [3.63, 3.8) is 0 Å². The van der Waals surface area contributed by atoms with Crippen molar-refractivity contribution in [3.05, 3.63) is 485 Å². The van der Waals surface area contributed by atoms with Gasteiger partial charge in [0.25, 0.3) is 0 Å². The maximum absolute atomic E-state index is 2.40. The molecule has 0 radical (unpaired) electrons. The number of benzene rings is 21. The van der Waals surface area contributed by atoms with E-state index in [1.54, 1.807) is 0 Å². The van der Waals surface area contributed by atoms with Crippen molar-refractivity contribution < 1.29 is 0 Å². The molecule has 0 bridgehead atoms. The lowest BCUT2D eigenvalue weighted by Crippen LogP contribution is -2.09. The first-order valence-corrected chi connectivity index (χ1v) is 41.9. The largest absolute Gasteiger partial charge is 0.311 e. The number of fused-ring (bicyclic) bond motifs is 10. The molecule has 4 heteroatoms. The van der Waals surface area contributed by atoms with Gasteiger partial charge in [0.05, 0.1) is 22.1 Å². The van der Waals surface area contributed by atoms with E-state index in [1.165, 1.54) is 165 Å². The number of nitrogens with zero attached hydrogens (tertiary/aromatic N) is 4. The minimum atomic E-state index is 1.10. The van der Waals surface area contributed by atoms with E-state index in [4.69, 9.17) is 0 Å². The molecule has 122 heavy (non-hydrogen) atoms. The number of hydrogen-bond acceptors (Lipinski definition) is 2. The summed E-state index contributed by atoms with van der Waals surface area (Å²) in [6, 6.07) is 176. The third-order valence-electron chi connectivity index (χ3n) is 24.4. The van der Waals surface area contributed by atoms with Crippen LogP contribution in [0.4, 0.5) is 34.1 Å². The Labute approximate surface area is 709 Å². The van der Waals surface area contributed by atoms with Crippen molar-refractivity contribution in [2.75, 3.05) is 9.80 Å². The van der Waals surface area contributed by atoms with Gasteiger partial charge in [0.2, 0.25) is 0 Å². The number of aromatic nitrogens is 2. The average Bonchev–Trinajstić information content (AvgIpc) is 1.59. The molecule has 21 aromatic carbocycles. The molecule has 0 amide bonds. The smallest absolute Gasteiger partial charge is 0.0541 e. The highest BCUT2D eigenvalue weighted by Gasteiger charge is 2.21. The van der Waals surface area contributed by atoms with Gasteiger partial charge in [0.15, 0.2) is 0 Å². The van der Waals surface area contributed by atoms with Crippen molar-refractivity contribution >= 4 is 121 Å². The van der Waals surface area contributed by atoms with Gasteiger partial charge in [-0.1, -0.05) is 334 Å². The second-order valence-electron chi connectivity index (χ2n) is 31.6. The van der Waals surface area contributed by atoms with Gasteiger partial charge in [-0.3, -0.25) is 0 Å². The van der Waals surface area contributed by atoms with Crippen molar-refractivity contribution in [3.8, 4) is 89.3 Å². The molecule has 0 aliphatic heterocycles. The summed E-state index contributed by atoms with van der Waals surface area (Å²) >= 11 is 0. The summed E-state index contributed by atoms with van der Waals surface area (Å²) < 4.78 is 4.79. The van der Waals surface area contributed by atoms with Crippen LogP contribution in [0, 0.1) is 0 Å². The Morgan fingerprint density at radius 3 is 0.779 bits per heavy atom. The van der Waals surface area contributed by atoms with Crippen LogP contribution in [0.2, 0.25) is 0 Å². The summed E-state index contributed by atoms with van der Waals surface area (Å²) in [6.45, 7) is 0. The second-order valence-corrected chi connectivity index (χ2v) is 31.6. The number of hydrogen-bond donors (Lipinski definition) is 0. The molecule has 0 saturated heterocycles. The maximum atomic E-state index is 2.40. The highest BCUT2D eigenvalue weighted by Crippen LogP contribution is 2.44. The molecule has 0 unspecified atom stereocenters. The number of rotatable bonds is 15. The first kappa shape index (κ1) is 72.3. The minimum absolute atomic E-state index is 1.10. The predicted octanol–water partition coefficient (Wildman–Crippen LogP) is 32.8. The standard InChI is InChI=1S/C62H42N2.C56H38N2/c1-2-11-43(12-3-1)45-23-32-53(33-24-45)63(55-38-29-49(30-39-55)58-19-10-16-48-14-6-7-17-57(48)58)54-34-25-47(26-35-54)52-31-40-62-60(42-52)59-18-8-9-20-61(59)64(62)56-36-27-46(28-37-56)51-22-21-44-13-4-5-15-50(44)41-51;1-2-14-49(15-3-1)57(50-29-22-41(23-30-50)46-20-18-39-10-4-6-12-44(39)36-46)51-31-24-43(25-32-51)48-28-35-56-54(38-48)53-16-8-9-17-55(53)58(56)52-33-26-42(27-34-52)47-21-19-40-11-5-7-13-45(40)37-47/h1-42H;1-38H. The SMILES string of the molecule is c1ccc(-c2ccc(N(c3ccc(-c4ccc5c(c4)c4ccccc4n5-c4ccc(-c5ccc6ccccc6c5)cc4)cc3)c3ccc(-c4cccc5ccccc45)cc3)cc2)cc1.c1ccc(N(c2ccc(-c3ccc4ccccc4c3)cc2)c2ccc(-c3ccc4c(c3)c3ccccc3n4-c3ccc(-c4ccc5ccccc5c4)cc3)cc2)cc1. The molecule has 0 spiro atoms. The van der Waals surface area contributed by atoms with E-state index in [2.05, 4.69) is 504 Å². The van der Waals surface area contributed by atoms with Crippen LogP contribution in [0.25, 0.3) is 176 Å². The van der Waals surface area contributed by atoms with Crippen LogP contribution in [0.3, 0.4) is 0 Å². The summed E-state index contributed by atoms with van der Waals surface area (Å²) in [7, 11) is 0. The number of para-hydroxylation sites is 3. The van der Waals surface area contributed by atoms with Crippen molar-refractivity contribution in [2.45, 2.75) is 0 Å².